The van der Waals surface area contributed by atoms with Crippen molar-refractivity contribution in [2.45, 2.75) is 57.1 Å². The molecule has 1 amide bonds. The van der Waals surface area contributed by atoms with E-state index in [4.69, 9.17) is 4.74 Å². The zero-order valence-electron chi connectivity index (χ0n) is 17.7. The summed E-state index contributed by atoms with van der Waals surface area (Å²) in [7, 11) is 0. The predicted molar refractivity (Wildman–Crippen MR) is 114 cm³/mol. The average molecular weight is 453 g/mol. The number of hydrogen-bond acceptors (Lipinski definition) is 6. The lowest BCUT2D eigenvalue weighted by molar-refractivity contribution is -0.117. The number of anilines is 1. The van der Waals surface area contributed by atoms with Gasteiger partial charge in [0.2, 0.25) is 17.7 Å². The molecule has 1 spiro atoms. The van der Waals surface area contributed by atoms with Crippen molar-refractivity contribution in [3.05, 3.63) is 52.1 Å². The van der Waals surface area contributed by atoms with Gasteiger partial charge in [0.25, 0.3) is 5.56 Å². The van der Waals surface area contributed by atoms with Crippen LogP contribution in [0.5, 0.6) is 5.88 Å². The highest BCUT2D eigenvalue weighted by Crippen LogP contribution is 2.61. The van der Waals surface area contributed by atoms with E-state index in [1.807, 2.05) is 0 Å². The van der Waals surface area contributed by atoms with Crippen LogP contribution in [0.15, 0.2) is 29.3 Å². The third-order valence-corrected chi connectivity index (χ3v) is 6.80. The molecule has 0 bridgehead atoms. The molecular formula is C23H21F2N5O3. The van der Waals surface area contributed by atoms with Crippen molar-refractivity contribution in [3.63, 3.8) is 0 Å². The van der Waals surface area contributed by atoms with Crippen LogP contribution in [0.1, 0.15) is 50.0 Å². The van der Waals surface area contributed by atoms with E-state index >= 15 is 4.39 Å². The maximum absolute atomic E-state index is 15.5. The Morgan fingerprint density at radius 3 is 2.58 bits per heavy atom. The summed E-state index contributed by atoms with van der Waals surface area (Å²) < 4.78 is 35.5. The van der Waals surface area contributed by atoms with Gasteiger partial charge in [-0.15, -0.1) is 5.10 Å². The van der Waals surface area contributed by atoms with Crippen molar-refractivity contribution in [3.8, 4) is 5.88 Å². The van der Waals surface area contributed by atoms with E-state index in [1.165, 1.54) is 12.8 Å². The quantitative estimate of drug-likeness (QED) is 0.615. The maximum atomic E-state index is 15.5. The number of hydrogen-bond donors (Lipinski definition) is 1. The Morgan fingerprint density at radius 1 is 1.18 bits per heavy atom. The highest BCUT2D eigenvalue weighted by atomic mass is 19.1. The predicted octanol–water partition coefficient (Wildman–Crippen LogP) is 3.30. The van der Waals surface area contributed by atoms with E-state index in [-0.39, 0.29) is 34.6 Å². The number of benzene rings is 1. The van der Waals surface area contributed by atoms with Crippen LogP contribution in [0, 0.1) is 17.0 Å². The van der Waals surface area contributed by atoms with Crippen molar-refractivity contribution in [1.82, 2.24) is 19.7 Å². The van der Waals surface area contributed by atoms with E-state index in [2.05, 4.69) is 20.4 Å². The highest BCUT2D eigenvalue weighted by molar-refractivity contribution is 5.90. The molecule has 0 aliphatic heterocycles. The second-order valence-corrected chi connectivity index (χ2v) is 9.35. The van der Waals surface area contributed by atoms with Gasteiger partial charge in [0, 0.05) is 0 Å². The minimum absolute atomic E-state index is 0.0379. The molecule has 2 heterocycles. The Hall–Kier alpha value is -3.43. The highest BCUT2D eigenvalue weighted by Gasteiger charge is 2.54. The first kappa shape index (κ1) is 20.2. The van der Waals surface area contributed by atoms with Gasteiger partial charge in [0.1, 0.15) is 18.5 Å². The molecule has 0 saturated heterocycles. The summed E-state index contributed by atoms with van der Waals surface area (Å²) in [5.41, 5.74) is 0.354. The van der Waals surface area contributed by atoms with Gasteiger partial charge in [0.15, 0.2) is 5.82 Å². The molecule has 1 N–H and O–H groups in total. The molecule has 3 saturated carbocycles. The lowest BCUT2D eigenvalue weighted by Gasteiger charge is -2.35. The molecule has 3 aliphatic carbocycles. The lowest BCUT2D eigenvalue weighted by atomic mass is 9.79. The molecule has 2 aromatic heterocycles. The number of rotatable bonds is 6. The zero-order valence-corrected chi connectivity index (χ0v) is 17.7. The van der Waals surface area contributed by atoms with Crippen LogP contribution in [0.25, 0.3) is 10.8 Å². The molecule has 170 valence electrons. The van der Waals surface area contributed by atoms with Gasteiger partial charge in [-0.25, -0.2) is 23.4 Å². The number of carbonyl (C=O) groups excluding carboxylic acids is 1. The Morgan fingerprint density at radius 2 is 1.91 bits per heavy atom. The van der Waals surface area contributed by atoms with Gasteiger partial charge >= 0.3 is 0 Å². The molecular weight excluding hydrogens is 432 g/mol. The van der Waals surface area contributed by atoms with Crippen LogP contribution in [0.2, 0.25) is 0 Å². The fourth-order valence-electron chi connectivity index (χ4n) is 4.63. The second kappa shape index (κ2) is 7.29. The van der Waals surface area contributed by atoms with Gasteiger partial charge in [-0.05, 0) is 61.5 Å². The molecule has 3 fully saturated rings. The summed E-state index contributed by atoms with van der Waals surface area (Å²) in [6, 6.07) is 3.23. The third kappa shape index (κ3) is 3.73. The van der Waals surface area contributed by atoms with Gasteiger partial charge in [-0.3, -0.25) is 14.9 Å². The summed E-state index contributed by atoms with van der Waals surface area (Å²) in [4.78, 5) is 32.9. The maximum Gasteiger partial charge on any atom is 0.275 e. The largest absolute Gasteiger partial charge is 0.473 e. The fraction of sp³-hybridized carbons (Fsp3) is 0.435. The second-order valence-electron chi connectivity index (χ2n) is 9.35. The summed E-state index contributed by atoms with van der Waals surface area (Å²) in [6.07, 6.45) is 7.74. The van der Waals surface area contributed by atoms with Crippen LogP contribution >= 0.6 is 0 Å². The number of nitrogens with one attached hydrogen (secondary N) is 1. The van der Waals surface area contributed by atoms with E-state index in [1.54, 1.807) is 12.1 Å². The van der Waals surface area contributed by atoms with E-state index in [9.17, 15) is 14.0 Å². The SMILES string of the molecule is O=C(Cn1nc(OC2CC3(CC3)C2)c2c(F)c(C3CC3)ccc2c1=O)Nc1ncc(F)cn1. The van der Waals surface area contributed by atoms with E-state index in [0.29, 0.717) is 11.0 Å². The Balaban J connectivity index is 1.34. The van der Waals surface area contributed by atoms with Crippen LogP contribution in [-0.4, -0.2) is 31.8 Å². The minimum atomic E-state index is -0.640. The topological polar surface area (TPSA) is 99.0 Å². The molecule has 1 aromatic carbocycles. The van der Waals surface area contributed by atoms with Gasteiger partial charge in [-0.1, -0.05) is 6.07 Å². The molecule has 3 aromatic rings. The summed E-state index contributed by atoms with van der Waals surface area (Å²) >= 11 is 0. The molecule has 8 nitrogen and oxygen atoms in total. The van der Waals surface area contributed by atoms with Crippen molar-refractivity contribution >= 4 is 22.6 Å². The van der Waals surface area contributed by atoms with Crippen LogP contribution in [0.4, 0.5) is 14.7 Å². The van der Waals surface area contributed by atoms with Gasteiger partial charge in [0.05, 0.1) is 23.2 Å². The molecule has 3 aliphatic rings. The fourth-order valence-corrected chi connectivity index (χ4v) is 4.63. The van der Waals surface area contributed by atoms with E-state index < -0.39 is 29.6 Å². The van der Waals surface area contributed by atoms with Gasteiger partial charge < -0.3 is 4.74 Å². The third-order valence-electron chi connectivity index (χ3n) is 6.80. The Labute approximate surface area is 187 Å². The lowest BCUT2D eigenvalue weighted by Crippen LogP contribution is -2.36. The van der Waals surface area contributed by atoms with Crippen molar-refractivity contribution < 1.29 is 18.3 Å². The van der Waals surface area contributed by atoms with Gasteiger partial charge in [-0.2, -0.15) is 0 Å². The number of aromatic nitrogens is 4. The van der Waals surface area contributed by atoms with Crippen molar-refractivity contribution in [1.29, 1.82) is 0 Å². The number of amides is 1. The molecule has 0 atom stereocenters. The first-order valence-electron chi connectivity index (χ1n) is 11.1. The van der Waals surface area contributed by atoms with Crippen molar-refractivity contribution in [2.75, 3.05) is 5.32 Å². The Bertz CT molecular complexity index is 1320. The molecule has 10 heteroatoms. The number of ether oxygens (including phenoxy) is 1. The molecule has 0 radical (unpaired) electrons. The molecule has 6 rings (SSSR count). The summed E-state index contributed by atoms with van der Waals surface area (Å²) in [5, 5.41) is 6.85. The number of nitrogens with zero attached hydrogens (tertiary/aromatic N) is 4. The summed E-state index contributed by atoms with van der Waals surface area (Å²) in [6.45, 7) is -0.452. The monoisotopic (exact) mass is 453 g/mol. The number of fused-ring (bicyclic) bond motifs is 1. The van der Waals surface area contributed by atoms with Crippen molar-refractivity contribution in [2.24, 2.45) is 5.41 Å². The standard InChI is InChI=1S/C23H21F2N5O3/c24-13-9-26-22(27-10-13)28-17(31)11-30-21(32)16-4-3-15(12-1-2-12)19(25)18(16)20(29-30)33-14-7-23(8-14)5-6-23/h3-4,9-10,12,14H,1-2,5-8,11H2,(H,26,27,28,31). The molecule has 33 heavy (non-hydrogen) atoms. The normalized spacial score (nSPS) is 18.8. The molecule has 0 unspecified atom stereocenters. The first-order valence-corrected chi connectivity index (χ1v) is 11.1. The van der Waals surface area contributed by atoms with E-state index in [0.717, 1.165) is 42.8 Å². The summed E-state index contributed by atoms with van der Waals surface area (Å²) in [5.74, 6) is -1.64. The zero-order chi connectivity index (χ0) is 22.7. The average Bonchev–Trinajstić information content (AvgIpc) is 3.67. The number of halogens is 2. The number of carbonyl (C=O) groups is 1. The first-order chi connectivity index (χ1) is 15.9. The Kier molecular flexibility index (Phi) is 4.46. The van der Waals surface area contributed by atoms with Crippen LogP contribution < -0.4 is 15.6 Å². The minimum Gasteiger partial charge on any atom is -0.473 e. The van der Waals surface area contributed by atoms with Crippen LogP contribution in [0.3, 0.4) is 0 Å². The smallest absolute Gasteiger partial charge is 0.275 e. The van der Waals surface area contributed by atoms with Crippen LogP contribution in [-0.2, 0) is 11.3 Å².